The van der Waals surface area contributed by atoms with E-state index in [0.29, 0.717) is 0 Å². The first-order valence-electron chi connectivity index (χ1n) is 30.1. The first-order valence-corrected chi connectivity index (χ1v) is 30.1. The van der Waals surface area contributed by atoms with Crippen LogP contribution in [0.1, 0.15) is 179 Å². The third-order valence-electron chi connectivity index (χ3n) is 19.3. The zero-order chi connectivity index (χ0) is 57.7. The second-order valence-electron chi connectivity index (χ2n) is 30.2. The van der Waals surface area contributed by atoms with E-state index in [1.165, 1.54) is 133 Å². The number of fused-ring (bicyclic) bond motifs is 16. The molecule has 3 aliphatic rings. The van der Waals surface area contributed by atoms with Crippen LogP contribution in [0.2, 0.25) is 0 Å². The smallest absolute Gasteiger partial charge is 0.333 e. The molecule has 0 saturated carbocycles. The third-order valence-corrected chi connectivity index (χ3v) is 19.3. The summed E-state index contributed by atoms with van der Waals surface area (Å²) in [5.74, 6) is 0.0336. The van der Waals surface area contributed by atoms with Crippen molar-refractivity contribution in [2.24, 2.45) is 0 Å². The van der Waals surface area contributed by atoms with Crippen molar-refractivity contribution in [1.29, 1.82) is 0 Å². The first-order chi connectivity index (χ1) is 38.6. The fourth-order valence-corrected chi connectivity index (χ4v) is 14.5. The molecule has 2 aliphatic heterocycles. The van der Waals surface area contributed by atoms with Crippen LogP contribution in [0.15, 0.2) is 168 Å². The van der Waals surface area contributed by atoms with Crippen LogP contribution < -0.4 is 15.7 Å². The molecule has 1 aliphatic carbocycles. The normalized spacial score (nSPS) is 14.8. The van der Waals surface area contributed by atoms with Gasteiger partial charge in [-0.15, -0.1) is 0 Å². The Morgan fingerprint density at radius 2 is 0.963 bits per heavy atom. The molecule has 0 amide bonds. The van der Waals surface area contributed by atoms with Crippen LogP contribution in [-0.2, 0) is 32.5 Å². The van der Waals surface area contributed by atoms with E-state index in [9.17, 15) is 0 Å². The van der Waals surface area contributed by atoms with Crippen LogP contribution >= 0.6 is 0 Å². The number of anilines is 2. The summed E-state index contributed by atoms with van der Waals surface area (Å²) in [5, 5.41) is 4.90. The quantitative estimate of drug-likeness (QED) is 0.129. The Hall–Kier alpha value is -7.56. The Kier molecular flexibility index (Phi) is 11.1. The van der Waals surface area contributed by atoms with Gasteiger partial charge in [0.25, 0.3) is 0 Å². The fraction of sp³-hybridized carbons (Fsp3) is 0.308. The van der Waals surface area contributed by atoms with Crippen molar-refractivity contribution in [3.05, 3.63) is 219 Å². The van der Waals surface area contributed by atoms with Crippen molar-refractivity contribution < 1.29 is 4.42 Å². The molecule has 4 heteroatoms. The highest BCUT2D eigenvalue weighted by Crippen LogP contribution is 2.57. The molecule has 9 aromatic carbocycles. The Morgan fingerprint density at radius 3 is 1.56 bits per heavy atom. The minimum atomic E-state index is -0.293. The Morgan fingerprint density at radius 1 is 0.439 bits per heavy atom. The molecular formula is C78H79BN2O. The first kappa shape index (κ1) is 52.5. The van der Waals surface area contributed by atoms with E-state index < -0.39 is 0 Å². The van der Waals surface area contributed by atoms with E-state index in [2.05, 4.69) is 291 Å². The second-order valence-corrected chi connectivity index (χ2v) is 30.2. The number of benzene rings is 9. The molecule has 82 heavy (non-hydrogen) atoms. The summed E-state index contributed by atoms with van der Waals surface area (Å²) in [5.41, 5.74) is 28.6. The standard InChI is InChI=1S/C78H79BN2O/c1-73(2,3)48-27-22-45(23-28-48)66(46-24-29-49(30-25-46)74(4,5)6)47-26-37-59-55(40-47)56-43-58-64(44-60(56)78(59,16)17)81(53-35-31-50(32-36-53)75(7,8)9)79-61-42-52(77(13,14)15)34-39-63(61)80-62-38-33-51(76(10,11)12)41-57(62)67-68-54-20-18-19-21-65(54)82-72(68)69(58)70(79)71(67)80/h18-44,66H,1-17H3. The Labute approximate surface area is 487 Å². The highest BCUT2D eigenvalue weighted by atomic mass is 16.3. The second kappa shape index (κ2) is 17.3. The zero-order valence-electron chi connectivity index (χ0n) is 51.5. The topological polar surface area (TPSA) is 21.3 Å². The van der Waals surface area contributed by atoms with Crippen molar-refractivity contribution in [3.8, 4) is 27.9 Å². The lowest BCUT2D eigenvalue weighted by atomic mass is 9.43. The van der Waals surface area contributed by atoms with E-state index in [1.807, 2.05) is 0 Å². The van der Waals surface area contributed by atoms with Crippen LogP contribution in [0.4, 0.5) is 11.4 Å². The predicted octanol–water partition coefficient (Wildman–Crippen LogP) is 19.9. The lowest BCUT2D eigenvalue weighted by molar-refractivity contribution is 0.589. The van der Waals surface area contributed by atoms with E-state index in [4.69, 9.17) is 4.42 Å². The lowest BCUT2D eigenvalue weighted by Gasteiger charge is -2.43. The monoisotopic (exact) mass is 1070 g/mol. The van der Waals surface area contributed by atoms with Crippen molar-refractivity contribution >= 4 is 72.9 Å². The molecular weight excluding hydrogens is 992 g/mol. The van der Waals surface area contributed by atoms with E-state index in [0.717, 1.165) is 16.6 Å². The van der Waals surface area contributed by atoms with Gasteiger partial charge in [-0.1, -0.05) is 227 Å². The summed E-state index contributed by atoms with van der Waals surface area (Å²) in [4.78, 5) is 2.73. The van der Waals surface area contributed by atoms with E-state index in [-0.39, 0.29) is 45.3 Å². The summed E-state index contributed by atoms with van der Waals surface area (Å²) < 4.78 is 10.2. The molecule has 11 aromatic rings. The molecule has 0 atom stereocenters. The molecule has 0 spiro atoms. The number of para-hydroxylation sites is 1. The number of aromatic nitrogens is 1. The summed E-state index contributed by atoms with van der Waals surface area (Å²) >= 11 is 0. The van der Waals surface area contributed by atoms with Crippen LogP contribution in [0.3, 0.4) is 0 Å². The highest BCUT2D eigenvalue weighted by Gasteiger charge is 2.48. The van der Waals surface area contributed by atoms with Gasteiger partial charge in [0, 0.05) is 61.1 Å². The average molecular weight is 1070 g/mol. The number of hydrogen-bond acceptors (Lipinski definition) is 2. The van der Waals surface area contributed by atoms with Crippen molar-refractivity contribution in [2.75, 3.05) is 4.81 Å². The lowest BCUT2D eigenvalue weighted by Crippen LogP contribution is -2.60. The van der Waals surface area contributed by atoms with Crippen molar-refractivity contribution in [1.82, 2.24) is 4.57 Å². The highest BCUT2D eigenvalue weighted by molar-refractivity contribution is 6.94. The van der Waals surface area contributed by atoms with Crippen LogP contribution in [-0.4, -0.2) is 11.4 Å². The number of rotatable bonds is 4. The summed E-state index contributed by atoms with van der Waals surface area (Å²) in [6.07, 6.45) is 0. The molecule has 0 N–H and O–H groups in total. The number of furan rings is 1. The summed E-state index contributed by atoms with van der Waals surface area (Å²) in [7, 11) is 0. The molecule has 2 aromatic heterocycles. The van der Waals surface area contributed by atoms with Gasteiger partial charge in [-0.25, -0.2) is 0 Å². The van der Waals surface area contributed by atoms with Crippen LogP contribution in [0, 0.1) is 0 Å². The van der Waals surface area contributed by atoms with E-state index >= 15 is 0 Å². The Balaban J connectivity index is 1.10. The van der Waals surface area contributed by atoms with Gasteiger partial charge >= 0.3 is 6.85 Å². The van der Waals surface area contributed by atoms with Gasteiger partial charge in [-0.2, -0.15) is 0 Å². The van der Waals surface area contributed by atoms with Crippen LogP contribution in [0.5, 0.6) is 0 Å². The van der Waals surface area contributed by atoms with Crippen molar-refractivity contribution in [2.45, 2.75) is 156 Å². The van der Waals surface area contributed by atoms with Gasteiger partial charge in [0.1, 0.15) is 11.2 Å². The molecule has 0 bridgehead atoms. The molecule has 4 heterocycles. The molecule has 3 nitrogen and oxygen atoms in total. The minimum absolute atomic E-state index is 0.00384. The van der Waals surface area contributed by atoms with Gasteiger partial charge in [0.05, 0.1) is 11.0 Å². The average Bonchev–Trinajstić information content (AvgIpc) is 1.43. The maximum absolute atomic E-state index is 7.51. The molecule has 14 rings (SSSR count). The SMILES string of the molecule is CC(C)(C)c1ccc(C(c2ccc(C(C)(C)C)cc2)c2ccc3c(c2)-c2cc4c(cc2C3(C)C)N(c2ccc(C(C)(C)C)cc2)B2c3cc(C(C)(C)C)ccc3-n3c5ccc(C(C)(C)C)cc5c5c6c(oc7ccccc76)c-4c2c53)cc1. The number of hydrogen-bond donors (Lipinski definition) is 0. The van der Waals surface area contributed by atoms with Gasteiger partial charge < -0.3 is 13.8 Å². The third kappa shape index (κ3) is 7.75. The van der Waals surface area contributed by atoms with E-state index in [1.54, 1.807) is 0 Å². The maximum atomic E-state index is 7.51. The van der Waals surface area contributed by atoms with Crippen LogP contribution in [0.25, 0.3) is 71.7 Å². The largest absolute Gasteiger partial charge is 0.455 e. The zero-order valence-corrected chi connectivity index (χ0v) is 51.5. The molecule has 0 unspecified atom stereocenters. The van der Waals surface area contributed by atoms with Crippen molar-refractivity contribution in [3.63, 3.8) is 0 Å². The molecule has 410 valence electrons. The summed E-state index contributed by atoms with van der Waals surface area (Å²) in [6, 6.07) is 64.6. The van der Waals surface area contributed by atoms with Gasteiger partial charge in [-0.05, 0) is 159 Å². The molecule has 0 fully saturated rings. The van der Waals surface area contributed by atoms with Gasteiger partial charge in [0.15, 0.2) is 0 Å². The molecule has 0 radical (unpaired) electrons. The summed E-state index contributed by atoms with van der Waals surface area (Å²) in [6.45, 7) is 39.6. The van der Waals surface area contributed by atoms with Gasteiger partial charge in [-0.3, -0.25) is 0 Å². The fourth-order valence-electron chi connectivity index (χ4n) is 14.5. The number of nitrogens with zero attached hydrogens (tertiary/aromatic N) is 2. The van der Waals surface area contributed by atoms with Gasteiger partial charge in [0.2, 0.25) is 0 Å². The predicted molar refractivity (Wildman–Crippen MR) is 352 cm³/mol. The maximum Gasteiger partial charge on any atom is 0.333 e. The Bertz CT molecular complexity index is 4410. The molecule has 0 saturated heterocycles. The minimum Gasteiger partial charge on any atom is -0.455 e.